The molecule has 2 aromatic rings. The maximum atomic E-state index is 12.6. The maximum Gasteiger partial charge on any atom is 0.416 e. The third-order valence-corrected chi connectivity index (χ3v) is 2.73. The van der Waals surface area contributed by atoms with Crippen LogP contribution in [0.5, 0.6) is 0 Å². The molecule has 0 aliphatic heterocycles. The van der Waals surface area contributed by atoms with E-state index in [1.54, 1.807) is 13.0 Å². The van der Waals surface area contributed by atoms with Crippen LogP contribution in [0, 0.1) is 18.3 Å². The SMILES string of the molecule is Cc1nc(Cl)cc(Nc2ccc(C(F)(F)F)cc2C#N)n1. The Morgan fingerprint density at radius 3 is 2.52 bits per heavy atom. The molecular weight excluding hydrogens is 305 g/mol. The van der Waals surface area contributed by atoms with Gasteiger partial charge in [0.05, 0.1) is 16.8 Å². The molecule has 1 N–H and O–H groups in total. The average molecular weight is 313 g/mol. The molecule has 0 bridgehead atoms. The summed E-state index contributed by atoms with van der Waals surface area (Å²) in [5.41, 5.74) is -0.821. The lowest BCUT2D eigenvalue weighted by Crippen LogP contribution is -2.06. The zero-order valence-corrected chi connectivity index (χ0v) is 11.4. The highest BCUT2D eigenvalue weighted by Gasteiger charge is 2.31. The highest BCUT2D eigenvalue weighted by Crippen LogP contribution is 2.32. The molecule has 21 heavy (non-hydrogen) atoms. The Morgan fingerprint density at radius 2 is 1.95 bits per heavy atom. The Bertz CT molecular complexity index is 702. The van der Waals surface area contributed by atoms with Crippen LogP contribution in [0.25, 0.3) is 0 Å². The quantitative estimate of drug-likeness (QED) is 0.849. The normalized spacial score (nSPS) is 11.0. The molecule has 0 radical (unpaired) electrons. The van der Waals surface area contributed by atoms with E-state index in [1.165, 1.54) is 12.1 Å². The van der Waals surface area contributed by atoms with E-state index in [1.807, 2.05) is 0 Å². The van der Waals surface area contributed by atoms with Crippen LogP contribution in [-0.4, -0.2) is 9.97 Å². The number of hydrogen-bond acceptors (Lipinski definition) is 4. The van der Waals surface area contributed by atoms with Gasteiger partial charge in [-0.3, -0.25) is 0 Å². The lowest BCUT2D eigenvalue weighted by Gasteiger charge is -2.11. The fourth-order valence-electron chi connectivity index (χ4n) is 1.66. The van der Waals surface area contributed by atoms with Gasteiger partial charge in [0.25, 0.3) is 0 Å². The molecule has 108 valence electrons. The van der Waals surface area contributed by atoms with Crippen molar-refractivity contribution in [3.8, 4) is 6.07 Å². The molecule has 1 heterocycles. The van der Waals surface area contributed by atoms with Gasteiger partial charge in [0.2, 0.25) is 0 Å². The predicted molar refractivity (Wildman–Crippen MR) is 71.2 cm³/mol. The summed E-state index contributed by atoms with van der Waals surface area (Å²) in [4.78, 5) is 7.90. The Hall–Kier alpha value is -2.33. The van der Waals surface area contributed by atoms with Crippen LogP contribution in [0.1, 0.15) is 17.0 Å². The minimum Gasteiger partial charge on any atom is -0.339 e. The molecule has 0 unspecified atom stereocenters. The molecule has 1 aromatic heterocycles. The topological polar surface area (TPSA) is 61.6 Å². The molecule has 1 aromatic carbocycles. The van der Waals surface area contributed by atoms with Crippen LogP contribution < -0.4 is 5.32 Å². The summed E-state index contributed by atoms with van der Waals surface area (Å²) in [6.45, 7) is 1.62. The van der Waals surface area contributed by atoms with Crippen LogP contribution in [0.2, 0.25) is 5.15 Å². The highest BCUT2D eigenvalue weighted by atomic mass is 35.5. The van der Waals surface area contributed by atoms with Crippen LogP contribution in [-0.2, 0) is 6.18 Å². The van der Waals surface area contributed by atoms with Crippen LogP contribution >= 0.6 is 11.6 Å². The van der Waals surface area contributed by atoms with E-state index in [4.69, 9.17) is 16.9 Å². The van der Waals surface area contributed by atoms with Crippen molar-refractivity contribution in [2.75, 3.05) is 5.32 Å². The molecule has 2 rings (SSSR count). The zero-order chi connectivity index (χ0) is 15.6. The molecule has 0 spiro atoms. The summed E-state index contributed by atoms with van der Waals surface area (Å²) in [5, 5.41) is 11.9. The number of rotatable bonds is 2. The van der Waals surface area contributed by atoms with Gasteiger partial charge in [-0.25, -0.2) is 9.97 Å². The Balaban J connectivity index is 2.39. The largest absolute Gasteiger partial charge is 0.416 e. The standard InChI is InChI=1S/C13H8ClF3N4/c1-7-19-11(14)5-12(20-7)21-10-3-2-9(13(15,16)17)4-8(10)6-18/h2-5H,1H3,(H,19,20,21). The molecule has 8 heteroatoms. The fraction of sp³-hybridized carbons (Fsp3) is 0.154. The van der Waals surface area contributed by atoms with Gasteiger partial charge in [-0.05, 0) is 25.1 Å². The maximum absolute atomic E-state index is 12.6. The first-order chi connectivity index (χ1) is 9.79. The number of anilines is 2. The van der Waals surface area contributed by atoms with Crippen molar-refractivity contribution >= 4 is 23.1 Å². The number of aromatic nitrogens is 2. The van der Waals surface area contributed by atoms with Crippen LogP contribution in [0.15, 0.2) is 24.3 Å². The van der Waals surface area contributed by atoms with Crippen LogP contribution in [0.3, 0.4) is 0 Å². The van der Waals surface area contributed by atoms with Gasteiger partial charge >= 0.3 is 6.18 Å². The molecule has 0 amide bonds. The van der Waals surface area contributed by atoms with Crippen LogP contribution in [0.4, 0.5) is 24.7 Å². The third-order valence-electron chi connectivity index (χ3n) is 2.54. The van der Waals surface area contributed by atoms with Crippen molar-refractivity contribution in [3.05, 3.63) is 46.4 Å². The first kappa shape index (κ1) is 15.1. The highest BCUT2D eigenvalue weighted by molar-refractivity contribution is 6.29. The van der Waals surface area contributed by atoms with Crippen molar-refractivity contribution < 1.29 is 13.2 Å². The number of nitrogens with zero attached hydrogens (tertiary/aromatic N) is 3. The number of alkyl halides is 3. The minimum absolute atomic E-state index is 0.141. The molecule has 0 aliphatic rings. The second kappa shape index (κ2) is 5.58. The van der Waals surface area contributed by atoms with Crippen molar-refractivity contribution in [2.24, 2.45) is 0 Å². The van der Waals surface area contributed by atoms with Gasteiger partial charge in [0.15, 0.2) is 0 Å². The van der Waals surface area contributed by atoms with E-state index >= 15 is 0 Å². The first-order valence-corrected chi connectivity index (χ1v) is 6.07. The second-order valence-electron chi connectivity index (χ2n) is 4.12. The van der Waals surface area contributed by atoms with E-state index in [0.717, 1.165) is 12.1 Å². The molecular formula is C13H8ClF3N4. The van der Waals surface area contributed by atoms with Crippen molar-refractivity contribution in [1.29, 1.82) is 5.26 Å². The number of halogens is 4. The van der Waals surface area contributed by atoms with Crippen molar-refractivity contribution in [1.82, 2.24) is 9.97 Å². The van der Waals surface area contributed by atoms with E-state index < -0.39 is 11.7 Å². The summed E-state index contributed by atoms with van der Waals surface area (Å²) in [5.74, 6) is 0.694. The predicted octanol–water partition coefficient (Wildman–Crippen LogP) is 4.07. The fourth-order valence-corrected chi connectivity index (χ4v) is 1.88. The molecule has 0 saturated carbocycles. The van der Waals surface area contributed by atoms with Gasteiger partial charge in [-0.15, -0.1) is 0 Å². The monoisotopic (exact) mass is 312 g/mol. The van der Waals surface area contributed by atoms with E-state index in [0.29, 0.717) is 11.6 Å². The lowest BCUT2D eigenvalue weighted by molar-refractivity contribution is -0.137. The second-order valence-corrected chi connectivity index (χ2v) is 4.51. The smallest absolute Gasteiger partial charge is 0.339 e. The molecule has 4 nitrogen and oxygen atoms in total. The lowest BCUT2D eigenvalue weighted by atomic mass is 10.1. The van der Waals surface area contributed by atoms with Crippen molar-refractivity contribution in [3.63, 3.8) is 0 Å². The Morgan fingerprint density at radius 1 is 1.24 bits per heavy atom. The van der Waals surface area contributed by atoms with Crippen molar-refractivity contribution in [2.45, 2.75) is 13.1 Å². The summed E-state index contributed by atoms with van der Waals surface area (Å²) >= 11 is 5.77. The van der Waals surface area contributed by atoms with Gasteiger partial charge in [0, 0.05) is 6.07 Å². The van der Waals surface area contributed by atoms with E-state index in [2.05, 4.69) is 15.3 Å². The number of aryl methyl sites for hydroxylation is 1. The first-order valence-electron chi connectivity index (χ1n) is 5.69. The Kier molecular flexibility index (Phi) is 4.00. The third kappa shape index (κ3) is 3.61. The van der Waals surface area contributed by atoms with E-state index in [-0.39, 0.29) is 16.4 Å². The number of nitriles is 1. The molecule has 0 saturated heterocycles. The summed E-state index contributed by atoms with van der Waals surface area (Å²) in [7, 11) is 0. The van der Waals surface area contributed by atoms with Gasteiger partial charge in [-0.2, -0.15) is 18.4 Å². The number of hydrogen-bond donors (Lipinski definition) is 1. The van der Waals surface area contributed by atoms with Gasteiger partial charge in [0.1, 0.15) is 22.9 Å². The Labute approximate surface area is 123 Å². The van der Waals surface area contributed by atoms with Gasteiger partial charge < -0.3 is 5.32 Å². The summed E-state index contributed by atoms with van der Waals surface area (Å²) in [6, 6.07) is 5.97. The van der Waals surface area contributed by atoms with E-state index in [9.17, 15) is 13.2 Å². The van der Waals surface area contributed by atoms with Gasteiger partial charge in [-0.1, -0.05) is 11.6 Å². The summed E-state index contributed by atoms with van der Waals surface area (Å²) in [6.07, 6.45) is -4.50. The minimum atomic E-state index is -4.50. The molecule has 0 atom stereocenters. The zero-order valence-electron chi connectivity index (χ0n) is 10.7. The number of nitrogens with one attached hydrogen (secondary N) is 1. The molecule has 0 fully saturated rings. The average Bonchev–Trinajstić information content (AvgIpc) is 2.36. The molecule has 0 aliphatic carbocycles. The number of benzene rings is 1. The summed E-state index contributed by atoms with van der Waals surface area (Å²) < 4.78 is 37.8.